The molecule has 9 nitrogen and oxygen atoms in total. The molecular weight excluding hydrogens is 368 g/mol. The van der Waals surface area contributed by atoms with Crippen LogP contribution in [0.4, 0.5) is 4.79 Å². The maximum atomic E-state index is 12.0. The maximum absolute atomic E-state index is 12.0. The van der Waals surface area contributed by atoms with E-state index in [0.717, 1.165) is 0 Å². The molecule has 0 aromatic carbocycles. The second-order valence-corrected chi connectivity index (χ2v) is 9.24. The van der Waals surface area contributed by atoms with E-state index in [-0.39, 0.29) is 18.1 Å². The Morgan fingerprint density at radius 2 is 2.22 bits per heavy atom. The number of rotatable bonds is 7. The number of carbonyl (C=O) groups excluding carboxylic acids is 1. The molecule has 0 aromatic rings. The summed E-state index contributed by atoms with van der Waals surface area (Å²) in [5, 5.41) is 22.9. The van der Waals surface area contributed by atoms with Gasteiger partial charge < -0.3 is 14.9 Å². The Hall–Kier alpha value is -0.950. The monoisotopic (exact) mass is 384 g/mol. The molecule has 0 radical (unpaired) electrons. The zero-order chi connectivity index (χ0) is 17.4. The summed E-state index contributed by atoms with van der Waals surface area (Å²) in [7, 11) is -3.55. The van der Waals surface area contributed by atoms with Crippen LogP contribution >= 0.6 is 23.5 Å². The quantitative estimate of drug-likeness (QED) is 0.316. The van der Waals surface area contributed by atoms with Crippen LogP contribution in [-0.4, -0.2) is 58.6 Å². The third-order valence-corrected chi connectivity index (χ3v) is 6.78. The molecular formula is C11H16N2O7S3. The lowest BCUT2D eigenvalue weighted by Crippen LogP contribution is -2.60. The van der Waals surface area contributed by atoms with Crippen molar-refractivity contribution >= 4 is 45.6 Å². The van der Waals surface area contributed by atoms with Crippen LogP contribution in [0.5, 0.6) is 0 Å². The maximum Gasteiger partial charge on any atom is 0.512 e. The topological polar surface area (TPSA) is 147 Å². The highest BCUT2D eigenvalue weighted by molar-refractivity contribution is 8.22. The van der Waals surface area contributed by atoms with E-state index in [1.165, 1.54) is 35.3 Å². The average Bonchev–Trinajstić information content (AvgIpc) is 2.66. The first kappa shape index (κ1) is 18.4. The SMILES string of the molecule is C[C@@H](O)[C@H]1C(=O)N2C(OC(=O)O)=C(SCCCS(N)(=O)=O)S[C@H]12. The molecule has 3 atom stereocenters. The molecule has 12 heteroatoms. The first-order valence-corrected chi connectivity index (χ1v) is 10.2. The zero-order valence-corrected chi connectivity index (χ0v) is 14.5. The number of thioether (sulfide) groups is 2. The number of ether oxygens (including phenoxy) is 1. The van der Waals surface area contributed by atoms with Crippen LogP contribution in [-0.2, 0) is 19.6 Å². The molecule has 23 heavy (non-hydrogen) atoms. The Morgan fingerprint density at radius 3 is 2.74 bits per heavy atom. The fourth-order valence-corrected chi connectivity index (χ4v) is 5.77. The van der Waals surface area contributed by atoms with Crippen LogP contribution in [0.15, 0.2) is 10.1 Å². The van der Waals surface area contributed by atoms with Crippen molar-refractivity contribution in [3.05, 3.63) is 10.1 Å². The highest BCUT2D eigenvalue weighted by Crippen LogP contribution is 2.54. The Labute approximate surface area is 141 Å². The molecule has 0 bridgehead atoms. The van der Waals surface area contributed by atoms with Crippen LogP contribution in [0, 0.1) is 5.92 Å². The molecule has 2 heterocycles. The number of nitrogens with two attached hydrogens (primary N) is 1. The number of hydrogen-bond donors (Lipinski definition) is 3. The lowest BCUT2D eigenvalue weighted by Gasteiger charge is -2.43. The van der Waals surface area contributed by atoms with Crippen molar-refractivity contribution in [3.63, 3.8) is 0 Å². The summed E-state index contributed by atoms with van der Waals surface area (Å²) in [6.07, 6.45) is -2.11. The number of carbonyl (C=O) groups is 2. The number of nitrogens with zero attached hydrogens (tertiary/aromatic N) is 1. The lowest BCUT2D eigenvalue weighted by atomic mass is 9.93. The molecule has 0 aromatic heterocycles. The number of sulfonamides is 1. The fourth-order valence-electron chi connectivity index (χ4n) is 2.23. The number of primary sulfonamides is 1. The van der Waals surface area contributed by atoms with Crippen LogP contribution in [0.3, 0.4) is 0 Å². The number of β-lactam (4-membered cyclic amide) rings is 1. The van der Waals surface area contributed by atoms with E-state index in [4.69, 9.17) is 10.2 Å². The third-order valence-electron chi connectivity index (χ3n) is 3.22. The van der Waals surface area contributed by atoms with Gasteiger partial charge in [-0.25, -0.2) is 18.4 Å². The minimum absolute atomic E-state index is 0.0741. The van der Waals surface area contributed by atoms with Gasteiger partial charge in [-0.05, 0) is 19.1 Å². The van der Waals surface area contributed by atoms with E-state index < -0.39 is 39.5 Å². The van der Waals surface area contributed by atoms with Gasteiger partial charge >= 0.3 is 6.16 Å². The molecule has 2 rings (SSSR count). The standard InChI is InChI=1S/C11H16N2O7S3/c1-5(14)6-7(15)13-8(20-11(16)17)10(22-9(6)13)21-3-2-4-23(12,18)19/h5-6,9,14H,2-4H2,1H3,(H,16,17)(H2,12,18,19)/t5-,6+,9-/m1/s1. The molecule has 1 fully saturated rings. The molecule has 0 spiro atoms. The van der Waals surface area contributed by atoms with E-state index in [0.29, 0.717) is 9.99 Å². The Kier molecular flexibility index (Phi) is 5.51. The average molecular weight is 384 g/mol. The fraction of sp³-hybridized carbons (Fsp3) is 0.636. The van der Waals surface area contributed by atoms with Crippen LogP contribution in [0.25, 0.3) is 0 Å². The van der Waals surface area contributed by atoms with Gasteiger partial charge in [-0.2, -0.15) is 0 Å². The van der Waals surface area contributed by atoms with E-state index in [1.54, 1.807) is 0 Å². The summed E-state index contributed by atoms with van der Waals surface area (Å²) >= 11 is 2.42. The molecule has 1 amide bonds. The number of aliphatic hydroxyl groups is 1. The van der Waals surface area contributed by atoms with Gasteiger partial charge in [0.15, 0.2) is 0 Å². The van der Waals surface area contributed by atoms with E-state index >= 15 is 0 Å². The van der Waals surface area contributed by atoms with Gasteiger partial charge in [0, 0.05) is 0 Å². The Morgan fingerprint density at radius 1 is 1.57 bits per heavy atom. The molecule has 1 saturated heterocycles. The summed E-state index contributed by atoms with van der Waals surface area (Å²) in [5.41, 5.74) is 0. The summed E-state index contributed by atoms with van der Waals surface area (Å²) < 4.78 is 26.9. The second-order valence-electron chi connectivity index (χ2n) is 5.01. The van der Waals surface area contributed by atoms with Gasteiger partial charge in [0.2, 0.25) is 21.8 Å². The Bertz CT molecular complexity index is 646. The third kappa shape index (κ3) is 4.12. The lowest BCUT2D eigenvalue weighted by molar-refractivity contribution is -0.155. The molecule has 0 saturated carbocycles. The number of fused-ring (bicyclic) bond motifs is 1. The summed E-state index contributed by atoms with van der Waals surface area (Å²) in [6.45, 7) is 1.50. The van der Waals surface area contributed by atoms with Crippen molar-refractivity contribution in [2.45, 2.75) is 24.8 Å². The number of aliphatic hydroxyl groups excluding tert-OH is 1. The first-order chi connectivity index (χ1) is 10.6. The van der Waals surface area contributed by atoms with E-state index in [2.05, 4.69) is 4.74 Å². The predicted octanol–water partition coefficient (Wildman–Crippen LogP) is 0.132. The summed E-state index contributed by atoms with van der Waals surface area (Å²) in [5.74, 6) is -0.895. The van der Waals surface area contributed by atoms with Gasteiger partial charge in [0.1, 0.15) is 9.61 Å². The van der Waals surface area contributed by atoms with Gasteiger partial charge in [-0.3, -0.25) is 9.69 Å². The smallest absolute Gasteiger partial charge is 0.449 e. The summed E-state index contributed by atoms with van der Waals surface area (Å²) in [6, 6.07) is 0. The van der Waals surface area contributed by atoms with Crippen molar-refractivity contribution in [2.75, 3.05) is 11.5 Å². The van der Waals surface area contributed by atoms with Crippen molar-refractivity contribution in [3.8, 4) is 0 Å². The number of amides is 1. The predicted molar refractivity (Wildman–Crippen MR) is 84.6 cm³/mol. The minimum atomic E-state index is -3.55. The number of hydrogen-bond acceptors (Lipinski definition) is 8. The van der Waals surface area contributed by atoms with Crippen molar-refractivity contribution in [1.29, 1.82) is 0 Å². The van der Waals surface area contributed by atoms with E-state index in [9.17, 15) is 23.1 Å². The highest BCUT2D eigenvalue weighted by atomic mass is 32.2. The second kappa shape index (κ2) is 6.89. The van der Waals surface area contributed by atoms with Crippen molar-refractivity contribution in [1.82, 2.24) is 4.90 Å². The van der Waals surface area contributed by atoms with Crippen molar-refractivity contribution < 1.29 is 33.0 Å². The molecule has 0 unspecified atom stereocenters. The molecule has 0 aliphatic carbocycles. The Balaban J connectivity index is 2.05. The normalized spacial score (nSPS) is 25.2. The zero-order valence-electron chi connectivity index (χ0n) is 12.0. The van der Waals surface area contributed by atoms with Gasteiger partial charge in [0.05, 0.1) is 17.8 Å². The van der Waals surface area contributed by atoms with Gasteiger partial charge in [-0.15, -0.1) is 11.8 Å². The van der Waals surface area contributed by atoms with Gasteiger partial charge in [0.25, 0.3) is 0 Å². The van der Waals surface area contributed by atoms with E-state index in [1.807, 2.05) is 0 Å². The minimum Gasteiger partial charge on any atom is -0.449 e. The summed E-state index contributed by atoms with van der Waals surface area (Å²) in [4.78, 5) is 24.0. The molecule has 2 aliphatic rings. The van der Waals surface area contributed by atoms with Gasteiger partial charge in [-0.1, -0.05) is 11.8 Å². The van der Waals surface area contributed by atoms with Crippen LogP contribution < -0.4 is 5.14 Å². The number of carboxylic acid groups (broad SMARTS) is 1. The molecule has 4 N–H and O–H groups in total. The molecule has 2 aliphatic heterocycles. The largest absolute Gasteiger partial charge is 0.512 e. The first-order valence-electron chi connectivity index (χ1n) is 6.58. The van der Waals surface area contributed by atoms with Crippen molar-refractivity contribution in [2.24, 2.45) is 11.1 Å². The van der Waals surface area contributed by atoms with Crippen LogP contribution in [0.1, 0.15) is 13.3 Å². The molecule has 130 valence electrons. The highest BCUT2D eigenvalue weighted by Gasteiger charge is 2.57. The van der Waals surface area contributed by atoms with Crippen LogP contribution in [0.2, 0.25) is 0 Å².